The Morgan fingerprint density at radius 3 is 2.40 bits per heavy atom. The summed E-state index contributed by atoms with van der Waals surface area (Å²) in [5, 5.41) is 15.6. The predicted molar refractivity (Wildman–Crippen MR) is 105 cm³/mol. The van der Waals surface area contributed by atoms with Crippen molar-refractivity contribution in [3.8, 4) is 0 Å². The van der Waals surface area contributed by atoms with E-state index in [1.165, 1.54) is 0 Å². The number of rotatable bonds is 8. The third kappa shape index (κ3) is 6.09. The van der Waals surface area contributed by atoms with E-state index >= 15 is 0 Å². The van der Waals surface area contributed by atoms with Gasteiger partial charge in [0.25, 0.3) is 11.8 Å². The lowest BCUT2D eigenvalue weighted by Gasteiger charge is -2.20. The van der Waals surface area contributed by atoms with Crippen LogP contribution in [0.3, 0.4) is 0 Å². The highest BCUT2D eigenvalue weighted by Gasteiger charge is 2.27. The minimum absolute atomic E-state index is 0.0260. The molecule has 0 fully saturated rings. The largest absolute Gasteiger partial charge is 0.454 e. The van der Waals surface area contributed by atoms with Crippen molar-refractivity contribution in [2.24, 2.45) is 5.92 Å². The Labute approximate surface area is 171 Å². The molecule has 0 unspecified atom stereocenters. The minimum atomic E-state index is -1.04. The molecule has 2 aromatic carbocycles. The van der Waals surface area contributed by atoms with Gasteiger partial charge < -0.3 is 15.4 Å². The summed E-state index contributed by atoms with van der Waals surface area (Å²) in [7, 11) is 0. The molecule has 2 aromatic rings. The highest BCUT2D eigenvalue weighted by Crippen LogP contribution is 2.21. The van der Waals surface area contributed by atoms with Crippen molar-refractivity contribution in [3.05, 3.63) is 70.0 Å². The standard InChI is InChI=1S/C20H20FN3O6/c1-12(2)18(23-19(26)13-6-4-3-5-7-13)20(27)30-11-17(25)22-14-8-9-15(21)16(10-14)24(28)29/h3-10,12,18H,11H2,1-2H3,(H,22,25)(H,23,26)/t18-/m0/s1. The molecule has 0 aliphatic rings. The number of halogens is 1. The van der Waals surface area contributed by atoms with Crippen LogP contribution in [0.2, 0.25) is 0 Å². The summed E-state index contributed by atoms with van der Waals surface area (Å²) in [5.41, 5.74) is -0.457. The molecule has 0 bridgehead atoms. The second-order valence-corrected chi connectivity index (χ2v) is 6.64. The zero-order chi connectivity index (χ0) is 22.3. The monoisotopic (exact) mass is 417 g/mol. The molecular formula is C20H20FN3O6. The molecule has 2 N–H and O–H groups in total. The van der Waals surface area contributed by atoms with Gasteiger partial charge in [0.1, 0.15) is 6.04 Å². The first-order valence-electron chi connectivity index (χ1n) is 8.95. The first kappa shape index (κ1) is 22.5. The molecule has 0 aromatic heterocycles. The Bertz CT molecular complexity index is 949. The van der Waals surface area contributed by atoms with Crippen LogP contribution in [0.5, 0.6) is 0 Å². The Hall–Kier alpha value is -3.82. The number of nitro benzene ring substituents is 1. The fraction of sp³-hybridized carbons (Fsp3) is 0.250. The molecule has 0 saturated carbocycles. The molecule has 9 nitrogen and oxygen atoms in total. The number of nitrogens with zero attached hydrogens (tertiary/aromatic N) is 1. The molecule has 0 heterocycles. The average molecular weight is 417 g/mol. The summed E-state index contributed by atoms with van der Waals surface area (Å²) in [6, 6.07) is 10.1. The van der Waals surface area contributed by atoms with Crippen molar-refractivity contribution >= 4 is 29.2 Å². The highest BCUT2D eigenvalue weighted by atomic mass is 19.1. The maximum atomic E-state index is 13.3. The third-order valence-electron chi connectivity index (χ3n) is 4.02. The first-order chi connectivity index (χ1) is 14.2. The smallest absolute Gasteiger partial charge is 0.329 e. The second kappa shape index (κ2) is 10.1. The molecule has 158 valence electrons. The topological polar surface area (TPSA) is 128 Å². The van der Waals surface area contributed by atoms with Crippen LogP contribution in [0, 0.1) is 21.8 Å². The van der Waals surface area contributed by atoms with E-state index < -0.39 is 46.9 Å². The number of nitrogens with one attached hydrogen (secondary N) is 2. The van der Waals surface area contributed by atoms with Gasteiger partial charge in [-0.3, -0.25) is 19.7 Å². The van der Waals surface area contributed by atoms with E-state index in [4.69, 9.17) is 4.74 Å². The molecule has 2 rings (SSSR count). The van der Waals surface area contributed by atoms with Gasteiger partial charge in [-0.1, -0.05) is 32.0 Å². The van der Waals surface area contributed by atoms with Crippen molar-refractivity contribution in [2.75, 3.05) is 11.9 Å². The van der Waals surface area contributed by atoms with Crippen LogP contribution in [-0.4, -0.2) is 35.4 Å². The van der Waals surface area contributed by atoms with Gasteiger partial charge in [-0.05, 0) is 30.2 Å². The van der Waals surface area contributed by atoms with Gasteiger partial charge in [0.05, 0.1) is 4.92 Å². The molecular weight excluding hydrogens is 397 g/mol. The number of anilines is 1. The molecule has 0 radical (unpaired) electrons. The van der Waals surface area contributed by atoms with E-state index in [0.29, 0.717) is 5.56 Å². The number of carbonyl (C=O) groups excluding carboxylic acids is 3. The zero-order valence-corrected chi connectivity index (χ0v) is 16.3. The third-order valence-corrected chi connectivity index (χ3v) is 4.02. The molecule has 0 aliphatic heterocycles. The van der Waals surface area contributed by atoms with Crippen molar-refractivity contribution in [2.45, 2.75) is 19.9 Å². The molecule has 10 heteroatoms. The number of nitro groups is 1. The van der Waals surface area contributed by atoms with Crippen LogP contribution in [0.4, 0.5) is 15.8 Å². The van der Waals surface area contributed by atoms with Crippen LogP contribution >= 0.6 is 0 Å². The lowest BCUT2D eigenvalue weighted by molar-refractivity contribution is -0.387. The Kier molecular flexibility index (Phi) is 7.56. The van der Waals surface area contributed by atoms with Gasteiger partial charge >= 0.3 is 11.7 Å². The van der Waals surface area contributed by atoms with Gasteiger partial charge in [-0.2, -0.15) is 4.39 Å². The molecule has 30 heavy (non-hydrogen) atoms. The van der Waals surface area contributed by atoms with Gasteiger partial charge in [0.2, 0.25) is 5.82 Å². The van der Waals surface area contributed by atoms with Crippen LogP contribution in [-0.2, 0) is 14.3 Å². The fourth-order valence-corrected chi connectivity index (χ4v) is 2.47. The SMILES string of the molecule is CC(C)[C@H](NC(=O)c1ccccc1)C(=O)OCC(=O)Nc1ccc(F)c([N+](=O)[O-])c1. The fourth-order valence-electron chi connectivity index (χ4n) is 2.47. The summed E-state index contributed by atoms with van der Waals surface area (Å²) in [6.45, 7) is 2.72. The van der Waals surface area contributed by atoms with Gasteiger partial charge in [0.15, 0.2) is 6.61 Å². The van der Waals surface area contributed by atoms with Crippen molar-refractivity contribution in [3.63, 3.8) is 0 Å². The van der Waals surface area contributed by atoms with Crippen molar-refractivity contribution in [1.29, 1.82) is 0 Å². The summed E-state index contributed by atoms with van der Waals surface area (Å²) in [5.74, 6) is -3.41. The number of ether oxygens (including phenoxy) is 1. The maximum Gasteiger partial charge on any atom is 0.329 e. The van der Waals surface area contributed by atoms with E-state index in [1.807, 2.05) is 0 Å². The van der Waals surface area contributed by atoms with Gasteiger partial charge in [0, 0.05) is 17.3 Å². The van der Waals surface area contributed by atoms with E-state index in [0.717, 1.165) is 18.2 Å². The van der Waals surface area contributed by atoms with Gasteiger partial charge in [-0.25, -0.2) is 4.79 Å². The Morgan fingerprint density at radius 2 is 1.80 bits per heavy atom. The zero-order valence-electron chi connectivity index (χ0n) is 16.3. The highest BCUT2D eigenvalue weighted by molar-refractivity contribution is 5.97. The second-order valence-electron chi connectivity index (χ2n) is 6.64. The number of benzene rings is 2. The van der Waals surface area contributed by atoms with E-state index in [-0.39, 0.29) is 11.6 Å². The Balaban J connectivity index is 1.95. The number of esters is 1. The average Bonchev–Trinajstić information content (AvgIpc) is 2.71. The molecule has 2 amide bonds. The lowest BCUT2D eigenvalue weighted by atomic mass is 10.0. The van der Waals surface area contributed by atoms with E-state index in [1.54, 1.807) is 44.2 Å². The summed E-state index contributed by atoms with van der Waals surface area (Å²) in [4.78, 5) is 46.4. The summed E-state index contributed by atoms with van der Waals surface area (Å²) >= 11 is 0. The molecule has 1 atom stereocenters. The van der Waals surface area contributed by atoms with Gasteiger partial charge in [-0.15, -0.1) is 0 Å². The summed E-state index contributed by atoms with van der Waals surface area (Å²) < 4.78 is 18.3. The number of carbonyl (C=O) groups is 3. The van der Waals surface area contributed by atoms with E-state index in [2.05, 4.69) is 10.6 Å². The van der Waals surface area contributed by atoms with E-state index in [9.17, 15) is 28.9 Å². The van der Waals surface area contributed by atoms with Crippen LogP contribution in [0.1, 0.15) is 24.2 Å². The Morgan fingerprint density at radius 1 is 1.13 bits per heavy atom. The quantitative estimate of drug-likeness (QED) is 0.386. The minimum Gasteiger partial charge on any atom is -0.454 e. The number of hydrogen-bond donors (Lipinski definition) is 2. The lowest BCUT2D eigenvalue weighted by Crippen LogP contribution is -2.45. The normalized spacial score (nSPS) is 11.5. The molecule has 0 spiro atoms. The van der Waals surface area contributed by atoms with Crippen LogP contribution in [0.15, 0.2) is 48.5 Å². The van der Waals surface area contributed by atoms with Crippen molar-refractivity contribution in [1.82, 2.24) is 5.32 Å². The molecule has 0 aliphatic carbocycles. The maximum absolute atomic E-state index is 13.3. The summed E-state index contributed by atoms with van der Waals surface area (Å²) in [6.07, 6.45) is 0. The molecule has 0 saturated heterocycles. The number of amides is 2. The first-order valence-corrected chi connectivity index (χ1v) is 8.95. The van der Waals surface area contributed by atoms with Crippen LogP contribution in [0.25, 0.3) is 0 Å². The van der Waals surface area contributed by atoms with Crippen LogP contribution < -0.4 is 10.6 Å². The number of hydrogen-bond acceptors (Lipinski definition) is 6. The predicted octanol–water partition coefficient (Wildman–Crippen LogP) is 2.67. The van der Waals surface area contributed by atoms with Crippen molar-refractivity contribution < 1.29 is 28.4 Å².